The summed E-state index contributed by atoms with van der Waals surface area (Å²) in [4.78, 5) is 18.5. The molecule has 1 amide bonds. The molecule has 1 N–H and O–H groups in total. The first-order valence-corrected chi connectivity index (χ1v) is 10.8. The van der Waals surface area contributed by atoms with Gasteiger partial charge in [0.15, 0.2) is 5.82 Å². The van der Waals surface area contributed by atoms with Crippen LogP contribution in [0.1, 0.15) is 50.2 Å². The van der Waals surface area contributed by atoms with Gasteiger partial charge in [-0.05, 0) is 45.4 Å². The largest absolute Gasteiger partial charge is 0.377 e. The SMILES string of the molecule is Cc1noc(CN2CCCCC(NS(=O)(=O)CC3CCCCO3)C2=O)n1. The summed E-state index contributed by atoms with van der Waals surface area (Å²) in [7, 11) is -3.60. The van der Waals surface area contributed by atoms with Gasteiger partial charge in [0, 0.05) is 13.2 Å². The molecule has 10 heteroatoms. The van der Waals surface area contributed by atoms with E-state index in [1.165, 1.54) is 0 Å². The van der Waals surface area contributed by atoms with E-state index in [2.05, 4.69) is 14.9 Å². The first-order valence-electron chi connectivity index (χ1n) is 9.12. The van der Waals surface area contributed by atoms with Crippen molar-refractivity contribution in [3.05, 3.63) is 11.7 Å². The molecular weight excluding hydrogens is 360 g/mol. The molecule has 0 radical (unpaired) electrons. The Morgan fingerprint density at radius 1 is 1.23 bits per heavy atom. The summed E-state index contributed by atoms with van der Waals surface area (Å²) >= 11 is 0. The fourth-order valence-electron chi connectivity index (χ4n) is 3.39. The van der Waals surface area contributed by atoms with Crippen LogP contribution in [0.5, 0.6) is 0 Å². The zero-order valence-corrected chi connectivity index (χ0v) is 15.8. The van der Waals surface area contributed by atoms with Gasteiger partial charge in [-0.3, -0.25) is 4.79 Å². The lowest BCUT2D eigenvalue weighted by molar-refractivity contribution is -0.133. The molecule has 0 saturated carbocycles. The molecule has 26 heavy (non-hydrogen) atoms. The highest BCUT2D eigenvalue weighted by atomic mass is 32.2. The van der Waals surface area contributed by atoms with E-state index in [1.54, 1.807) is 11.8 Å². The van der Waals surface area contributed by atoms with Crippen LogP contribution in [0.2, 0.25) is 0 Å². The summed E-state index contributed by atoms with van der Waals surface area (Å²) in [6.07, 6.45) is 4.46. The second kappa shape index (κ2) is 8.45. The maximum Gasteiger partial charge on any atom is 0.246 e. The Morgan fingerprint density at radius 3 is 2.73 bits per heavy atom. The van der Waals surface area contributed by atoms with Gasteiger partial charge in [0.2, 0.25) is 21.8 Å². The van der Waals surface area contributed by atoms with E-state index < -0.39 is 16.1 Å². The molecule has 1 aromatic rings. The highest BCUT2D eigenvalue weighted by molar-refractivity contribution is 7.89. The van der Waals surface area contributed by atoms with E-state index in [0.717, 1.165) is 32.1 Å². The van der Waals surface area contributed by atoms with Gasteiger partial charge in [0.25, 0.3) is 0 Å². The molecular formula is C16H26N4O5S. The third kappa shape index (κ3) is 5.24. The molecule has 2 aliphatic heterocycles. The minimum atomic E-state index is -3.60. The van der Waals surface area contributed by atoms with Crippen molar-refractivity contribution >= 4 is 15.9 Å². The molecule has 9 nitrogen and oxygen atoms in total. The van der Waals surface area contributed by atoms with Crippen LogP contribution in [0, 0.1) is 6.92 Å². The number of nitrogens with one attached hydrogen (secondary N) is 1. The van der Waals surface area contributed by atoms with Crippen molar-refractivity contribution in [3.8, 4) is 0 Å². The van der Waals surface area contributed by atoms with Crippen molar-refractivity contribution in [1.29, 1.82) is 0 Å². The third-order valence-electron chi connectivity index (χ3n) is 4.68. The highest BCUT2D eigenvalue weighted by Gasteiger charge is 2.32. The molecule has 146 valence electrons. The van der Waals surface area contributed by atoms with E-state index in [-0.39, 0.29) is 24.3 Å². The standard InChI is InChI=1S/C16H26N4O5S/c1-12-17-15(25-18-12)10-20-8-4-2-7-14(16(20)21)19-26(22,23)11-13-6-3-5-9-24-13/h13-14,19H,2-11H2,1H3. The van der Waals surface area contributed by atoms with Crippen molar-refractivity contribution in [1.82, 2.24) is 19.8 Å². The van der Waals surface area contributed by atoms with E-state index in [9.17, 15) is 13.2 Å². The molecule has 2 atom stereocenters. The van der Waals surface area contributed by atoms with Crippen LogP contribution in [0.3, 0.4) is 0 Å². The van der Waals surface area contributed by atoms with Gasteiger partial charge in [-0.25, -0.2) is 13.1 Å². The molecule has 3 rings (SSSR count). The number of rotatable bonds is 6. The smallest absolute Gasteiger partial charge is 0.246 e. The molecule has 1 aromatic heterocycles. The summed E-state index contributed by atoms with van der Waals surface area (Å²) < 4.78 is 38.2. The topological polar surface area (TPSA) is 115 Å². The van der Waals surface area contributed by atoms with Crippen LogP contribution in [0.15, 0.2) is 4.52 Å². The van der Waals surface area contributed by atoms with Crippen LogP contribution in [0.25, 0.3) is 0 Å². The molecule has 0 aliphatic carbocycles. The minimum Gasteiger partial charge on any atom is -0.377 e. The van der Waals surface area contributed by atoms with Gasteiger partial charge >= 0.3 is 0 Å². The molecule has 2 saturated heterocycles. The van der Waals surface area contributed by atoms with Crippen LogP contribution in [0.4, 0.5) is 0 Å². The predicted molar refractivity (Wildman–Crippen MR) is 92.6 cm³/mol. The number of hydrogen-bond donors (Lipinski definition) is 1. The van der Waals surface area contributed by atoms with Crippen molar-refractivity contribution in [2.75, 3.05) is 18.9 Å². The average Bonchev–Trinajstić information content (AvgIpc) is 2.93. The normalized spacial score (nSPS) is 25.3. The first kappa shape index (κ1) is 19.2. The van der Waals surface area contributed by atoms with E-state index in [0.29, 0.717) is 31.3 Å². The number of carbonyl (C=O) groups excluding carboxylic acids is 1. The number of likely N-dealkylation sites (tertiary alicyclic amines) is 1. The maximum atomic E-state index is 12.8. The Morgan fingerprint density at radius 2 is 2.04 bits per heavy atom. The number of nitrogens with zero attached hydrogens (tertiary/aromatic N) is 3. The van der Waals surface area contributed by atoms with E-state index in [1.807, 2.05) is 0 Å². The number of amides is 1. The fourth-order valence-corrected chi connectivity index (χ4v) is 4.89. The van der Waals surface area contributed by atoms with E-state index in [4.69, 9.17) is 9.26 Å². The summed E-state index contributed by atoms with van der Waals surface area (Å²) in [6, 6.07) is -0.755. The Hall–Kier alpha value is -1.52. The number of aryl methyl sites for hydroxylation is 1. The van der Waals surface area contributed by atoms with Crippen molar-refractivity contribution in [3.63, 3.8) is 0 Å². The lowest BCUT2D eigenvalue weighted by atomic mass is 10.1. The van der Waals surface area contributed by atoms with Crippen LogP contribution < -0.4 is 4.72 Å². The molecule has 0 spiro atoms. The van der Waals surface area contributed by atoms with Crippen LogP contribution in [-0.4, -0.2) is 60.4 Å². The van der Waals surface area contributed by atoms with Gasteiger partial charge in [-0.1, -0.05) is 5.16 Å². The quantitative estimate of drug-likeness (QED) is 0.767. The van der Waals surface area contributed by atoms with Crippen LogP contribution >= 0.6 is 0 Å². The predicted octanol–water partition coefficient (Wildman–Crippen LogP) is 0.748. The summed E-state index contributed by atoms with van der Waals surface area (Å²) in [5.41, 5.74) is 0. The average molecular weight is 386 g/mol. The number of ether oxygens (including phenoxy) is 1. The van der Waals surface area contributed by atoms with Gasteiger partial charge in [0.1, 0.15) is 12.6 Å². The monoisotopic (exact) mass is 386 g/mol. The highest BCUT2D eigenvalue weighted by Crippen LogP contribution is 2.18. The number of carbonyl (C=O) groups is 1. The third-order valence-corrected chi connectivity index (χ3v) is 6.13. The van der Waals surface area contributed by atoms with Gasteiger partial charge in [0.05, 0.1) is 11.9 Å². The van der Waals surface area contributed by atoms with Crippen molar-refractivity contribution < 1.29 is 22.5 Å². The number of sulfonamides is 1. The van der Waals surface area contributed by atoms with Gasteiger partial charge < -0.3 is 14.2 Å². The molecule has 0 aromatic carbocycles. The number of aromatic nitrogens is 2. The zero-order valence-electron chi connectivity index (χ0n) is 15.0. The molecule has 2 fully saturated rings. The number of hydrogen-bond acceptors (Lipinski definition) is 7. The Kier molecular flexibility index (Phi) is 6.25. The van der Waals surface area contributed by atoms with E-state index >= 15 is 0 Å². The van der Waals surface area contributed by atoms with Crippen molar-refractivity contribution in [2.45, 2.75) is 64.1 Å². The molecule has 0 bridgehead atoms. The van der Waals surface area contributed by atoms with Gasteiger partial charge in [-0.2, -0.15) is 4.98 Å². The Balaban J connectivity index is 1.62. The van der Waals surface area contributed by atoms with Gasteiger partial charge in [-0.15, -0.1) is 0 Å². The molecule has 2 unspecified atom stereocenters. The second-order valence-corrected chi connectivity index (χ2v) is 8.73. The zero-order chi connectivity index (χ0) is 18.6. The summed E-state index contributed by atoms with van der Waals surface area (Å²) in [5.74, 6) is 0.521. The first-order chi connectivity index (χ1) is 12.4. The maximum absolute atomic E-state index is 12.8. The lowest BCUT2D eigenvalue weighted by Crippen LogP contribution is -2.49. The lowest BCUT2D eigenvalue weighted by Gasteiger charge is -2.25. The molecule has 3 heterocycles. The second-order valence-electron chi connectivity index (χ2n) is 6.93. The molecule has 2 aliphatic rings. The minimum absolute atomic E-state index is 0.0976. The Labute approximate surface area is 153 Å². The summed E-state index contributed by atoms with van der Waals surface area (Å²) in [6.45, 7) is 3.05. The summed E-state index contributed by atoms with van der Waals surface area (Å²) in [5, 5.41) is 3.72. The van der Waals surface area contributed by atoms with Crippen LogP contribution in [-0.2, 0) is 26.1 Å². The van der Waals surface area contributed by atoms with Crippen molar-refractivity contribution in [2.24, 2.45) is 0 Å². The Bertz CT molecular complexity index is 714. The fraction of sp³-hybridized carbons (Fsp3) is 0.812.